The third-order valence-corrected chi connectivity index (χ3v) is 16.3. The summed E-state index contributed by atoms with van der Waals surface area (Å²) in [6.45, 7) is 2.79. The smallest absolute Gasteiger partial charge is 0.278 e. The lowest BCUT2D eigenvalue weighted by atomic mass is 9.91. The number of amides is 2. The van der Waals surface area contributed by atoms with Gasteiger partial charge in [-0.15, -0.1) is 0 Å². The van der Waals surface area contributed by atoms with E-state index in [2.05, 4.69) is 60.5 Å². The number of hydrogen-bond acceptors (Lipinski definition) is 31. The largest absolute Gasteiger partial charge is 0.393 e. The number of anilines is 1. The van der Waals surface area contributed by atoms with Gasteiger partial charge in [-0.3, -0.25) is 38.8 Å². The van der Waals surface area contributed by atoms with Crippen molar-refractivity contribution in [3.63, 3.8) is 0 Å². The number of aliphatic hydroxyl groups excluding tert-OH is 11. The molecule has 460 valence electrons. The molecule has 4 aromatic rings. The predicted molar refractivity (Wildman–Crippen MR) is 282 cm³/mol. The normalized spacial score (nSPS) is 35.6. The highest BCUT2D eigenvalue weighted by atomic mass is 19.2. The maximum absolute atomic E-state index is 14.2. The van der Waals surface area contributed by atoms with E-state index >= 15 is 0 Å². The van der Waals surface area contributed by atoms with Crippen molar-refractivity contribution in [1.82, 2.24) is 59.5 Å². The fourth-order valence-corrected chi connectivity index (χ4v) is 11.2. The molecule has 17 atom stereocenters. The Kier molecular flexibility index (Phi) is 17.5. The van der Waals surface area contributed by atoms with Gasteiger partial charge in [-0.05, 0) is 0 Å². The summed E-state index contributed by atoms with van der Waals surface area (Å²) in [6.07, 6.45) is 0.822. The average Bonchev–Trinajstić information content (AvgIpc) is 3.29. The molecule has 0 bridgehead atoms. The van der Waals surface area contributed by atoms with E-state index in [1.165, 1.54) is 48.9 Å². The number of aromatic amines is 1. The molecule has 4 aromatic heterocycles. The van der Waals surface area contributed by atoms with Gasteiger partial charge in [0.2, 0.25) is 0 Å². The van der Waals surface area contributed by atoms with E-state index in [1.807, 2.05) is 0 Å². The number of aliphatic imine (C=N–C) groups is 4. The van der Waals surface area contributed by atoms with Crippen LogP contribution in [-0.4, -0.2) is 272 Å². The van der Waals surface area contributed by atoms with Crippen LogP contribution in [0.15, 0.2) is 50.1 Å². The van der Waals surface area contributed by atoms with Crippen molar-refractivity contribution in [2.45, 2.75) is 124 Å². The predicted octanol–water partition coefficient (Wildman–Crippen LogP) is -8.23. The molecule has 12 rings (SSSR count). The second-order valence-electron chi connectivity index (χ2n) is 21.4. The van der Waals surface area contributed by atoms with Crippen LogP contribution in [0, 0.1) is 23.7 Å². The van der Waals surface area contributed by atoms with Crippen LogP contribution in [0.1, 0.15) is 40.2 Å². The zero-order valence-corrected chi connectivity index (χ0v) is 45.4. The number of carbonyl (C=O) groups excluding carboxylic acids is 2. The first-order valence-corrected chi connectivity index (χ1v) is 26.3. The van der Waals surface area contributed by atoms with E-state index in [4.69, 9.17) is 35.5 Å². The van der Waals surface area contributed by atoms with Crippen LogP contribution in [0.5, 0.6) is 0 Å². The molecule has 8 aliphatic rings. The van der Waals surface area contributed by atoms with Gasteiger partial charge in [0, 0.05) is 23.7 Å². The molecule has 12 heterocycles. The number of hydrogen-bond donors (Lipinski definition) is 16. The molecule has 0 spiro atoms. The van der Waals surface area contributed by atoms with Crippen LogP contribution in [0.2, 0.25) is 0 Å². The summed E-state index contributed by atoms with van der Waals surface area (Å²) < 4.78 is 39.4. The number of carbonyl (C=O) groups is 2. The Morgan fingerprint density at radius 1 is 0.571 bits per heavy atom. The number of H-pyrrole nitrogens is 1. The van der Waals surface area contributed by atoms with Crippen molar-refractivity contribution in [1.29, 1.82) is 0 Å². The lowest BCUT2D eigenvalue weighted by molar-refractivity contribution is -0.206. The van der Waals surface area contributed by atoms with E-state index in [1.54, 1.807) is 42.1 Å². The lowest BCUT2D eigenvalue weighted by Gasteiger charge is -2.34. The molecule has 2 amide bonds. The third-order valence-electron chi connectivity index (χ3n) is 16.3. The summed E-state index contributed by atoms with van der Waals surface area (Å²) in [5, 5.41) is 111. The minimum atomic E-state index is -2.54. The average molecular weight is 1190 g/mol. The molecule has 4 unspecified atom stereocenters. The standard InChI is InChI=1S/C12H19N5O5.C12H17N5O4.C12H18N4O5.C11H13FN4O4/c1-5-7(20)12(2-18,3-19)22-10(5)17-4-14-6-8(17)15-11(13)16-9(6)21;1-6-8(20)12(2-18,3-19)21-11(6)17-5-16-7-9(13)14-4-15-10(7)17;1-6-8(19)12(2-17,3-18)21-11(6)16-5-15-7-9(16)13-4-14-10(7)20;1-5-7(18)11(12,2-17)20-10(5)16-4-15-6-8(16)13-3-14-9(6)19/h4-8,10,18-20H,2-3H2,1H3,(H3,13,15,16,21);4-6,8,11,18-20H,2-3H2,1H3,(H2,13,14,15);4-9,11,17-19H,2-3H2,1H3,(H,13,14,20);3-5,7,10,17-18H,2H2,1H3,(H,13,14,19)/t5-,6?,7-,8?,10+;6-,8-,11+;6-,7?,8-,9?,11+;5-,7-,10+,11+/m0000/s1. The Balaban J connectivity index is 0.000000134. The molecule has 4 saturated heterocycles. The Labute approximate surface area is 473 Å². The molecule has 0 radical (unpaired) electrons. The van der Waals surface area contributed by atoms with E-state index in [-0.39, 0.29) is 40.7 Å². The van der Waals surface area contributed by atoms with Crippen molar-refractivity contribution < 1.29 is 89.1 Å². The van der Waals surface area contributed by atoms with E-state index in [0.29, 0.717) is 11.2 Å². The molecule has 37 heteroatoms. The monoisotopic (exact) mass is 1190 g/mol. The van der Waals surface area contributed by atoms with Gasteiger partial charge >= 0.3 is 0 Å². The van der Waals surface area contributed by atoms with Gasteiger partial charge in [0.05, 0.1) is 96.0 Å². The van der Waals surface area contributed by atoms with Crippen LogP contribution < -0.4 is 27.7 Å². The zero-order chi connectivity index (χ0) is 61.0. The van der Waals surface area contributed by atoms with Crippen molar-refractivity contribution >= 4 is 64.9 Å². The number of nitrogens with one attached hydrogen (secondary N) is 3. The highest BCUT2D eigenvalue weighted by Gasteiger charge is 2.59. The Hall–Kier alpha value is -6.95. The fraction of sp³-hybridized carbons (Fsp3) is 0.660. The lowest BCUT2D eigenvalue weighted by Crippen LogP contribution is -2.56. The SMILES string of the molecule is C[C@@H]1[C@H](N2C=NC3C(=O)NC(N)=NC32)OC(CO)(CO)[C@H]1O.C[C@@H]1[C@H](N2C=NC3C(=O)NC=NC32)OC(CO)(CO)[C@H]1O.C[C@@H]1[C@H](n2cnc3c(=O)[nH]cnc32)O[C@](F)(CO)[C@H]1O.C[C@@H]1[C@H](n2cnc3c(N)ncnc32)OC(CO)(CO)[C@H]1O. The van der Waals surface area contributed by atoms with Crippen LogP contribution >= 0.6 is 0 Å². The first kappa shape index (κ1) is 61.6. The van der Waals surface area contributed by atoms with Gasteiger partial charge in [0.25, 0.3) is 23.2 Å². The van der Waals surface area contributed by atoms with Gasteiger partial charge in [-0.25, -0.2) is 39.3 Å². The van der Waals surface area contributed by atoms with Crippen molar-refractivity contribution in [2.24, 2.45) is 49.4 Å². The van der Waals surface area contributed by atoms with Crippen LogP contribution in [0.3, 0.4) is 0 Å². The summed E-state index contributed by atoms with van der Waals surface area (Å²) in [5.41, 5.74) is 7.84. The summed E-state index contributed by atoms with van der Waals surface area (Å²) >= 11 is 0. The van der Waals surface area contributed by atoms with Gasteiger partial charge in [0.15, 0.2) is 53.0 Å². The minimum Gasteiger partial charge on any atom is -0.393 e. The van der Waals surface area contributed by atoms with Crippen LogP contribution in [0.25, 0.3) is 22.3 Å². The maximum Gasteiger partial charge on any atom is 0.278 e. The first-order chi connectivity index (χ1) is 40.0. The molecule has 0 aromatic carbocycles. The first-order valence-electron chi connectivity index (χ1n) is 26.3. The van der Waals surface area contributed by atoms with Crippen molar-refractivity contribution in [3.05, 3.63) is 35.7 Å². The third kappa shape index (κ3) is 10.3. The molecule has 84 heavy (non-hydrogen) atoms. The number of halogens is 1. The number of guanidine groups is 1. The van der Waals surface area contributed by atoms with E-state index < -0.39 is 166 Å². The molecule has 4 fully saturated rings. The second-order valence-corrected chi connectivity index (χ2v) is 21.4. The highest BCUT2D eigenvalue weighted by Crippen LogP contribution is 2.45. The zero-order valence-electron chi connectivity index (χ0n) is 45.4. The van der Waals surface area contributed by atoms with Crippen molar-refractivity contribution in [3.8, 4) is 0 Å². The number of nitrogens with two attached hydrogens (primary N) is 2. The number of ether oxygens (including phenoxy) is 4. The molecule has 36 nitrogen and oxygen atoms in total. The van der Waals surface area contributed by atoms with Gasteiger partial charge in [-0.1, -0.05) is 27.7 Å². The Bertz CT molecular complexity index is 3210. The minimum absolute atomic E-state index is 0.0106. The van der Waals surface area contributed by atoms with Gasteiger partial charge < -0.3 is 107 Å². The van der Waals surface area contributed by atoms with Crippen LogP contribution in [0.4, 0.5) is 10.2 Å². The summed E-state index contributed by atoms with van der Waals surface area (Å²) in [6, 6.07) is -1.39. The molecular weight excluding hydrogens is 1120 g/mol. The Morgan fingerprint density at radius 3 is 1.55 bits per heavy atom. The van der Waals surface area contributed by atoms with Gasteiger partial charge in [0.1, 0.15) is 66.3 Å². The number of aromatic nitrogens is 8. The number of alkyl halides is 1. The van der Waals surface area contributed by atoms with Gasteiger partial charge in [-0.2, -0.15) is 0 Å². The number of aliphatic hydroxyl groups is 11. The summed E-state index contributed by atoms with van der Waals surface area (Å²) in [4.78, 5) is 77.3. The fourth-order valence-electron chi connectivity index (χ4n) is 11.2. The second kappa shape index (κ2) is 23.8. The van der Waals surface area contributed by atoms with E-state index in [9.17, 15) is 69.8 Å². The summed E-state index contributed by atoms with van der Waals surface area (Å²) in [5.74, 6) is -4.77. The number of nitrogens with zero attached hydrogens (tertiary/aromatic N) is 13. The quantitative estimate of drug-likeness (QED) is 0.0663. The maximum atomic E-state index is 14.2. The molecule has 8 aliphatic heterocycles. The molecule has 18 N–H and O–H groups in total. The van der Waals surface area contributed by atoms with Crippen molar-refractivity contribution in [2.75, 3.05) is 52.0 Å². The topological polar surface area (TPSA) is 533 Å². The Morgan fingerprint density at radius 2 is 1.04 bits per heavy atom. The number of rotatable bonds is 11. The molecule has 0 saturated carbocycles. The molecule has 0 aliphatic carbocycles. The van der Waals surface area contributed by atoms with E-state index in [0.717, 1.165) is 0 Å². The number of nitrogen functional groups attached to an aromatic ring is 1. The summed E-state index contributed by atoms with van der Waals surface area (Å²) in [7, 11) is 0. The number of imidazole rings is 2. The highest BCUT2D eigenvalue weighted by molar-refractivity contribution is 6.02. The number of fused-ring (bicyclic) bond motifs is 4. The molecular formula is C47H67FN18O18. The van der Waals surface area contributed by atoms with Crippen LogP contribution in [-0.2, 0) is 28.5 Å².